The maximum absolute atomic E-state index is 12.0. The van der Waals surface area contributed by atoms with Gasteiger partial charge in [-0.05, 0) is 23.9 Å². The molecule has 2 aromatic heterocycles. The lowest BCUT2D eigenvalue weighted by molar-refractivity contribution is 0.586. The molecule has 0 bridgehead atoms. The van der Waals surface area contributed by atoms with Crippen molar-refractivity contribution in [2.24, 2.45) is 0 Å². The van der Waals surface area contributed by atoms with Gasteiger partial charge >= 0.3 is 0 Å². The van der Waals surface area contributed by atoms with Crippen LogP contribution in [0.3, 0.4) is 0 Å². The number of thiophene rings is 1. The van der Waals surface area contributed by atoms with E-state index in [1.54, 1.807) is 12.3 Å². The van der Waals surface area contributed by atoms with Gasteiger partial charge in [0.15, 0.2) is 9.84 Å². The zero-order chi connectivity index (χ0) is 13.2. The molecule has 0 N–H and O–H groups in total. The molecule has 0 atom stereocenters. The molecule has 0 radical (unpaired) electrons. The normalized spacial score (nSPS) is 12.1. The molecule has 2 rings (SSSR count). The van der Waals surface area contributed by atoms with E-state index in [9.17, 15) is 13.2 Å². The highest BCUT2D eigenvalue weighted by atomic mass is 32.2. The Morgan fingerprint density at radius 3 is 2.78 bits per heavy atom. The monoisotopic (exact) mass is 285 g/mol. The lowest BCUT2D eigenvalue weighted by atomic mass is 10.3. The number of pyridine rings is 1. The topological polar surface area (TPSA) is 56.1 Å². The van der Waals surface area contributed by atoms with E-state index in [4.69, 9.17) is 0 Å². The molecule has 0 unspecified atom stereocenters. The van der Waals surface area contributed by atoms with Crippen molar-refractivity contribution in [2.45, 2.75) is 19.9 Å². The van der Waals surface area contributed by atoms with Gasteiger partial charge in [-0.1, -0.05) is 6.92 Å². The van der Waals surface area contributed by atoms with Crippen LogP contribution in [0.4, 0.5) is 0 Å². The second-order valence-corrected chi connectivity index (χ2v) is 7.42. The van der Waals surface area contributed by atoms with Crippen molar-refractivity contribution >= 4 is 31.3 Å². The summed E-state index contributed by atoms with van der Waals surface area (Å²) in [6, 6.07) is 3.63. The zero-order valence-electron chi connectivity index (χ0n) is 10.1. The third kappa shape index (κ3) is 2.81. The Morgan fingerprint density at radius 1 is 1.28 bits per heavy atom. The van der Waals surface area contributed by atoms with Gasteiger partial charge in [0, 0.05) is 23.2 Å². The number of nitrogens with zero attached hydrogens (tertiary/aromatic N) is 1. The average Bonchev–Trinajstić information content (AvgIpc) is 2.77. The van der Waals surface area contributed by atoms with Crippen molar-refractivity contribution in [3.05, 3.63) is 34.1 Å². The average molecular weight is 285 g/mol. The fraction of sp³-hybridized carbons (Fsp3) is 0.417. The summed E-state index contributed by atoms with van der Waals surface area (Å²) >= 11 is 1.51. The van der Waals surface area contributed by atoms with E-state index in [2.05, 4.69) is 0 Å². The van der Waals surface area contributed by atoms with Crippen LogP contribution < -0.4 is 5.56 Å². The van der Waals surface area contributed by atoms with Crippen LogP contribution in [0.25, 0.3) is 10.1 Å². The molecule has 0 spiro atoms. The number of rotatable bonds is 5. The minimum absolute atomic E-state index is 0.0242. The first-order valence-electron chi connectivity index (χ1n) is 5.80. The fourth-order valence-electron chi connectivity index (χ4n) is 1.83. The number of hydrogen-bond donors (Lipinski definition) is 0. The number of sulfone groups is 1. The van der Waals surface area contributed by atoms with Crippen molar-refractivity contribution in [2.75, 3.05) is 11.5 Å². The van der Waals surface area contributed by atoms with Crippen LogP contribution in [0, 0.1) is 0 Å². The molecule has 4 nitrogen and oxygen atoms in total. The SMILES string of the molecule is CCCS(=O)(=O)CCn1ccc2sccc2c1=O. The molecule has 6 heteroatoms. The van der Waals surface area contributed by atoms with Gasteiger partial charge in [-0.15, -0.1) is 11.3 Å². The molecule has 0 fully saturated rings. The molecule has 2 heterocycles. The van der Waals surface area contributed by atoms with E-state index in [-0.39, 0.29) is 23.6 Å². The first-order chi connectivity index (χ1) is 8.53. The van der Waals surface area contributed by atoms with Gasteiger partial charge < -0.3 is 4.57 Å². The quantitative estimate of drug-likeness (QED) is 0.843. The second-order valence-electron chi connectivity index (χ2n) is 4.16. The molecule has 0 aliphatic heterocycles. The smallest absolute Gasteiger partial charge is 0.259 e. The van der Waals surface area contributed by atoms with E-state index in [1.807, 2.05) is 18.4 Å². The Labute approximate surface area is 110 Å². The van der Waals surface area contributed by atoms with Gasteiger partial charge in [-0.3, -0.25) is 4.79 Å². The van der Waals surface area contributed by atoms with E-state index in [0.29, 0.717) is 11.8 Å². The van der Waals surface area contributed by atoms with Crippen LogP contribution in [0.1, 0.15) is 13.3 Å². The summed E-state index contributed by atoms with van der Waals surface area (Å²) in [6.07, 6.45) is 2.28. The number of fused-ring (bicyclic) bond motifs is 1. The number of hydrogen-bond acceptors (Lipinski definition) is 4. The summed E-state index contributed by atoms with van der Waals surface area (Å²) < 4.78 is 25.6. The number of aryl methyl sites for hydroxylation is 1. The predicted octanol–water partition coefficient (Wildman–Crippen LogP) is 1.89. The standard InChI is InChI=1S/C12H15NO3S2/c1-2-8-18(15,16)9-6-13-5-3-11-10(12(13)14)4-7-17-11/h3-5,7H,2,6,8-9H2,1H3. The molecular weight excluding hydrogens is 270 g/mol. The van der Waals surface area contributed by atoms with Gasteiger partial charge in [0.2, 0.25) is 0 Å². The van der Waals surface area contributed by atoms with Crippen molar-refractivity contribution in [1.29, 1.82) is 0 Å². The van der Waals surface area contributed by atoms with Crippen LogP contribution >= 0.6 is 11.3 Å². The first kappa shape index (κ1) is 13.3. The van der Waals surface area contributed by atoms with Gasteiger partial charge in [0.25, 0.3) is 5.56 Å². The Balaban J connectivity index is 2.23. The molecule has 18 heavy (non-hydrogen) atoms. The van der Waals surface area contributed by atoms with E-state index >= 15 is 0 Å². The largest absolute Gasteiger partial charge is 0.314 e. The summed E-state index contributed by atoms with van der Waals surface area (Å²) in [5.41, 5.74) is -0.111. The summed E-state index contributed by atoms with van der Waals surface area (Å²) in [7, 11) is -3.04. The highest BCUT2D eigenvalue weighted by molar-refractivity contribution is 7.91. The lowest BCUT2D eigenvalue weighted by Crippen LogP contribution is -2.24. The van der Waals surface area contributed by atoms with Crippen LogP contribution in [-0.4, -0.2) is 24.5 Å². The molecule has 98 valence electrons. The molecule has 0 amide bonds. The minimum Gasteiger partial charge on any atom is -0.314 e. The fourth-order valence-corrected chi connectivity index (χ4v) is 3.91. The van der Waals surface area contributed by atoms with Gasteiger partial charge in [0.1, 0.15) is 0 Å². The molecule has 0 saturated carbocycles. The Hall–Kier alpha value is -1.14. The third-order valence-corrected chi connectivity index (χ3v) is 5.47. The van der Waals surface area contributed by atoms with Gasteiger partial charge in [0.05, 0.1) is 11.1 Å². The third-order valence-electron chi connectivity index (χ3n) is 2.75. The van der Waals surface area contributed by atoms with Crippen molar-refractivity contribution in [3.63, 3.8) is 0 Å². The Kier molecular flexibility index (Phi) is 3.87. The van der Waals surface area contributed by atoms with E-state index in [0.717, 1.165) is 4.70 Å². The predicted molar refractivity (Wildman–Crippen MR) is 75.0 cm³/mol. The molecule has 0 aliphatic rings. The molecule has 0 aliphatic carbocycles. The summed E-state index contributed by atoms with van der Waals surface area (Å²) in [5, 5.41) is 2.53. The highest BCUT2D eigenvalue weighted by Gasteiger charge is 2.10. The summed E-state index contributed by atoms with van der Waals surface area (Å²) in [5.74, 6) is 0.207. The van der Waals surface area contributed by atoms with E-state index < -0.39 is 9.84 Å². The summed E-state index contributed by atoms with van der Waals surface area (Å²) in [4.78, 5) is 12.0. The van der Waals surface area contributed by atoms with Crippen LogP contribution in [0.15, 0.2) is 28.5 Å². The second kappa shape index (κ2) is 5.24. The lowest BCUT2D eigenvalue weighted by Gasteiger charge is -2.06. The molecule has 2 aromatic rings. The van der Waals surface area contributed by atoms with Gasteiger partial charge in [-0.2, -0.15) is 0 Å². The molecular formula is C12H15NO3S2. The van der Waals surface area contributed by atoms with E-state index in [1.165, 1.54) is 15.9 Å². The maximum Gasteiger partial charge on any atom is 0.259 e. The molecule has 0 saturated heterocycles. The van der Waals surface area contributed by atoms with Crippen LogP contribution in [0.5, 0.6) is 0 Å². The van der Waals surface area contributed by atoms with Crippen LogP contribution in [-0.2, 0) is 16.4 Å². The maximum atomic E-state index is 12.0. The van der Waals surface area contributed by atoms with Crippen LogP contribution in [0.2, 0.25) is 0 Å². The highest BCUT2D eigenvalue weighted by Crippen LogP contribution is 2.16. The summed E-state index contributed by atoms with van der Waals surface area (Å²) in [6.45, 7) is 2.06. The Bertz CT molecular complexity index is 697. The van der Waals surface area contributed by atoms with Crippen molar-refractivity contribution in [3.8, 4) is 0 Å². The zero-order valence-corrected chi connectivity index (χ0v) is 11.8. The minimum atomic E-state index is -3.04. The Morgan fingerprint density at radius 2 is 2.06 bits per heavy atom. The molecule has 0 aromatic carbocycles. The first-order valence-corrected chi connectivity index (χ1v) is 8.50. The van der Waals surface area contributed by atoms with Gasteiger partial charge in [-0.25, -0.2) is 8.42 Å². The van der Waals surface area contributed by atoms with Crippen molar-refractivity contribution in [1.82, 2.24) is 4.57 Å². The van der Waals surface area contributed by atoms with Crippen molar-refractivity contribution < 1.29 is 8.42 Å². The number of aromatic nitrogens is 1.